The molecule has 1 aliphatic carbocycles. The molecule has 3 rings (SSSR count). The Labute approximate surface area is 121 Å². The van der Waals surface area contributed by atoms with Crippen LogP contribution in [0.2, 0.25) is 0 Å². The maximum atomic E-state index is 4.63. The van der Waals surface area contributed by atoms with Gasteiger partial charge in [0.25, 0.3) is 0 Å². The van der Waals surface area contributed by atoms with E-state index in [1.54, 1.807) is 0 Å². The van der Waals surface area contributed by atoms with Crippen molar-refractivity contribution in [2.24, 2.45) is 11.3 Å². The minimum atomic E-state index is 0.446. The van der Waals surface area contributed by atoms with Crippen LogP contribution in [0.25, 0.3) is 10.9 Å². The Morgan fingerprint density at radius 1 is 1.35 bits per heavy atom. The number of fused-ring (bicyclic) bond motifs is 1. The highest BCUT2D eigenvalue weighted by Gasteiger charge is 2.50. The number of rotatable bonds is 5. The molecule has 1 aromatic carbocycles. The first kappa shape index (κ1) is 13.6. The average molecular weight is 268 g/mol. The molecule has 2 nitrogen and oxygen atoms in total. The molecule has 0 amide bonds. The summed E-state index contributed by atoms with van der Waals surface area (Å²) in [5.74, 6) is 0.733. The summed E-state index contributed by atoms with van der Waals surface area (Å²) < 4.78 is 0. The summed E-state index contributed by atoms with van der Waals surface area (Å²) in [6.45, 7) is 8.03. The first-order valence-electron chi connectivity index (χ1n) is 7.70. The van der Waals surface area contributed by atoms with E-state index < -0.39 is 0 Å². The van der Waals surface area contributed by atoms with Gasteiger partial charge < -0.3 is 5.32 Å². The highest BCUT2D eigenvalue weighted by atomic mass is 14.9. The van der Waals surface area contributed by atoms with Crippen molar-refractivity contribution in [1.29, 1.82) is 0 Å². The van der Waals surface area contributed by atoms with Gasteiger partial charge in [-0.1, -0.05) is 39.0 Å². The third-order valence-electron chi connectivity index (χ3n) is 4.58. The van der Waals surface area contributed by atoms with Crippen molar-refractivity contribution in [1.82, 2.24) is 10.3 Å². The number of aromatic nitrogens is 1. The van der Waals surface area contributed by atoms with E-state index in [0.717, 1.165) is 18.0 Å². The first-order valence-corrected chi connectivity index (χ1v) is 7.70. The van der Waals surface area contributed by atoms with Crippen LogP contribution in [-0.4, -0.2) is 11.5 Å². The summed E-state index contributed by atoms with van der Waals surface area (Å²) in [6, 6.07) is 11.1. The number of hydrogen-bond donors (Lipinski definition) is 1. The third-order valence-corrected chi connectivity index (χ3v) is 4.58. The number of para-hydroxylation sites is 1. The van der Waals surface area contributed by atoms with Crippen molar-refractivity contribution >= 4 is 10.9 Å². The third kappa shape index (κ3) is 2.57. The zero-order valence-corrected chi connectivity index (χ0v) is 12.7. The largest absolute Gasteiger partial charge is 0.310 e. The van der Waals surface area contributed by atoms with Crippen molar-refractivity contribution in [3.8, 4) is 0 Å². The Morgan fingerprint density at radius 2 is 2.10 bits per heavy atom. The van der Waals surface area contributed by atoms with Gasteiger partial charge in [0, 0.05) is 17.6 Å². The Balaban J connectivity index is 1.92. The fourth-order valence-corrected chi connectivity index (χ4v) is 3.13. The molecule has 0 spiro atoms. The highest BCUT2D eigenvalue weighted by Crippen LogP contribution is 2.57. The predicted molar refractivity (Wildman–Crippen MR) is 84.7 cm³/mol. The van der Waals surface area contributed by atoms with Gasteiger partial charge in [0.2, 0.25) is 0 Å². The van der Waals surface area contributed by atoms with Gasteiger partial charge in [-0.15, -0.1) is 0 Å². The van der Waals surface area contributed by atoms with Gasteiger partial charge in [0.1, 0.15) is 0 Å². The molecular weight excluding hydrogens is 244 g/mol. The molecule has 1 aromatic heterocycles. The van der Waals surface area contributed by atoms with Gasteiger partial charge in [-0.3, -0.25) is 4.98 Å². The maximum absolute atomic E-state index is 4.63. The Kier molecular flexibility index (Phi) is 3.51. The van der Waals surface area contributed by atoms with Crippen LogP contribution in [0.5, 0.6) is 0 Å². The molecular formula is C18H24N2. The first-order chi connectivity index (χ1) is 9.62. The summed E-state index contributed by atoms with van der Waals surface area (Å²) in [7, 11) is 0. The number of nitrogens with one attached hydrogen (secondary N) is 1. The monoisotopic (exact) mass is 268 g/mol. The highest BCUT2D eigenvalue weighted by molar-refractivity contribution is 5.78. The lowest BCUT2D eigenvalue weighted by Crippen LogP contribution is -2.25. The second-order valence-corrected chi connectivity index (χ2v) is 6.69. The standard InChI is InChI=1S/C18H24N2/c1-4-9-19-17(15-11-18(15,2)3)14-10-13-7-5-6-8-16(13)20-12-14/h5-8,10,12,15,17,19H,4,9,11H2,1-3H3. The smallest absolute Gasteiger partial charge is 0.0702 e. The molecule has 0 radical (unpaired) electrons. The summed E-state index contributed by atoms with van der Waals surface area (Å²) in [4.78, 5) is 4.63. The van der Waals surface area contributed by atoms with E-state index in [9.17, 15) is 0 Å². The van der Waals surface area contributed by atoms with Crippen molar-refractivity contribution < 1.29 is 0 Å². The Hall–Kier alpha value is -1.41. The second-order valence-electron chi connectivity index (χ2n) is 6.69. The van der Waals surface area contributed by atoms with Crippen LogP contribution in [0.15, 0.2) is 36.5 Å². The van der Waals surface area contributed by atoms with Crippen LogP contribution in [0.3, 0.4) is 0 Å². The van der Waals surface area contributed by atoms with Gasteiger partial charge in [0.15, 0.2) is 0 Å². The lowest BCUT2D eigenvalue weighted by atomic mass is 9.97. The molecule has 1 N–H and O–H groups in total. The van der Waals surface area contributed by atoms with Crippen LogP contribution in [0.4, 0.5) is 0 Å². The van der Waals surface area contributed by atoms with Crippen molar-refractivity contribution in [3.63, 3.8) is 0 Å². The lowest BCUT2D eigenvalue weighted by molar-refractivity contribution is 0.415. The number of nitrogens with zero attached hydrogens (tertiary/aromatic N) is 1. The predicted octanol–water partition coefficient (Wildman–Crippen LogP) is 4.32. The number of hydrogen-bond acceptors (Lipinski definition) is 2. The van der Waals surface area contributed by atoms with Crippen LogP contribution < -0.4 is 5.32 Å². The van der Waals surface area contributed by atoms with Crippen LogP contribution in [0.1, 0.15) is 45.2 Å². The van der Waals surface area contributed by atoms with Crippen LogP contribution in [-0.2, 0) is 0 Å². The number of pyridine rings is 1. The van der Waals surface area contributed by atoms with E-state index in [2.05, 4.69) is 61.5 Å². The zero-order chi connectivity index (χ0) is 14.2. The lowest BCUT2D eigenvalue weighted by Gasteiger charge is -2.21. The Bertz CT molecular complexity index is 603. The van der Waals surface area contributed by atoms with E-state index in [-0.39, 0.29) is 0 Å². The van der Waals surface area contributed by atoms with E-state index >= 15 is 0 Å². The van der Waals surface area contributed by atoms with Gasteiger partial charge in [-0.05, 0) is 48.4 Å². The van der Waals surface area contributed by atoms with Crippen molar-refractivity contribution in [3.05, 3.63) is 42.1 Å². The van der Waals surface area contributed by atoms with Gasteiger partial charge in [0.05, 0.1) is 5.52 Å². The molecule has 0 saturated heterocycles. The molecule has 1 aliphatic rings. The van der Waals surface area contributed by atoms with Crippen LogP contribution >= 0.6 is 0 Å². The van der Waals surface area contributed by atoms with Gasteiger partial charge >= 0.3 is 0 Å². The summed E-state index contributed by atoms with van der Waals surface area (Å²) in [5.41, 5.74) is 2.89. The molecule has 1 fully saturated rings. The second kappa shape index (κ2) is 5.17. The van der Waals surface area contributed by atoms with Gasteiger partial charge in [-0.25, -0.2) is 0 Å². The molecule has 2 atom stereocenters. The molecule has 0 bridgehead atoms. The van der Waals surface area contributed by atoms with Crippen molar-refractivity contribution in [2.75, 3.05) is 6.54 Å². The molecule has 2 heteroatoms. The fourth-order valence-electron chi connectivity index (χ4n) is 3.13. The van der Waals surface area contributed by atoms with E-state index in [0.29, 0.717) is 11.5 Å². The molecule has 1 heterocycles. The molecule has 20 heavy (non-hydrogen) atoms. The van der Waals surface area contributed by atoms with E-state index in [4.69, 9.17) is 0 Å². The molecule has 106 valence electrons. The fraction of sp³-hybridized carbons (Fsp3) is 0.500. The zero-order valence-electron chi connectivity index (χ0n) is 12.7. The molecule has 2 unspecified atom stereocenters. The minimum absolute atomic E-state index is 0.446. The summed E-state index contributed by atoms with van der Waals surface area (Å²) in [5, 5.41) is 4.97. The van der Waals surface area contributed by atoms with Crippen LogP contribution in [0, 0.1) is 11.3 Å². The molecule has 1 saturated carbocycles. The molecule has 2 aromatic rings. The number of benzene rings is 1. The molecule has 0 aliphatic heterocycles. The van der Waals surface area contributed by atoms with E-state index in [1.165, 1.54) is 23.8 Å². The SMILES string of the molecule is CCCNC(c1cnc2ccccc2c1)C1CC1(C)C. The van der Waals surface area contributed by atoms with Crippen molar-refractivity contribution in [2.45, 2.75) is 39.7 Å². The maximum Gasteiger partial charge on any atom is 0.0702 e. The normalized spacial score (nSPS) is 21.9. The average Bonchev–Trinajstić information content (AvgIpc) is 3.08. The summed E-state index contributed by atoms with van der Waals surface area (Å²) >= 11 is 0. The topological polar surface area (TPSA) is 24.9 Å². The Morgan fingerprint density at radius 3 is 2.80 bits per heavy atom. The minimum Gasteiger partial charge on any atom is -0.310 e. The van der Waals surface area contributed by atoms with E-state index in [1.807, 2.05) is 6.07 Å². The summed E-state index contributed by atoms with van der Waals surface area (Å²) in [6.07, 6.45) is 4.54. The van der Waals surface area contributed by atoms with Gasteiger partial charge in [-0.2, -0.15) is 0 Å². The quantitative estimate of drug-likeness (QED) is 0.873.